The Labute approximate surface area is 273 Å². The van der Waals surface area contributed by atoms with Gasteiger partial charge in [0.2, 0.25) is 0 Å². The van der Waals surface area contributed by atoms with Gasteiger partial charge in [-0.3, -0.25) is 4.79 Å². The third-order valence-electron chi connectivity index (χ3n) is 11.6. The van der Waals surface area contributed by atoms with Crippen molar-refractivity contribution >= 4 is 5.78 Å². The summed E-state index contributed by atoms with van der Waals surface area (Å²) in [5.74, 6) is 5.13. The van der Waals surface area contributed by atoms with Gasteiger partial charge in [-0.2, -0.15) is 0 Å². The molecule has 0 amide bonds. The van der Waals surface area contributed by atoms with E-state index in [4.69, 9.17) is 0 Å². The summed E-state index contributed by atoms with van der Waals surface area (Å²) in [6, 6.07) is 0. The largest absolute Gasteiger partial charge is 0.295 e. The predicted molar refractivity (Wildman–Crippen MR) is 194 cm³/mol. The summed E-state index contributed by atoms with van der Waals surface area (Å²) in [5, 5.41) is 0. The molecule has 0 aliphatic heterocycles. The molecule has 0 spiro atoms. The SMILES string of the molecule is C=CC(=O)C1CCCC(C/C(C)=C/C=C/C=C/C2(C)CC2C(=C)CC(C)/C(C)=C/CCCC[C@H](C)CC2CCCC(C)C2)C1. The number of allylic oxidation sites excluding steroid dienone is 10. The summed E-state index contributed by atoms with van der Waals surface area (Å²) in [4.78, 5) is 12.0. The molecule has 0 N–H and O–H groups in total. The van der Waals surface area contributed by atoms with Crippen LogP contribution in [0, 0.1) is 46.8 Å². The first-order valence-corrected chi connectivity index (χ1v) is 18.5. The molecule has 246 valence electrons. The number of hydrogen-bond donors (Lipinski definition) is 0. The zero-order valence-corrected chi connectivity index (χ0v) is 29.7. The molecule has 0 aromatic carbocycles. The third-order valence-corrected chi connectivity index (χ3v) is 11.6. The molecule has 0 radical (unpaired) electrons. The van der Waals surface area contributed by atoms with Crippen LogP contribution in [0.1, 0.15) is 144 Å². The van der Waals surface area contributed by atoms with Crippen LogP contribution in [-0.2, 0) is 4.79 Å². The maximum atomic E-state index is 12.0. The van der Waals surface area contributed by atoms with Gasteiger partial charge in [0.15, 0.2) is 5.78 Å². The molecule has 7 unspecified atom stereocenters. The minimum atomic E-state index is 0.200. The molecule has 3 saturated carbocycles. The Morgan fingerprint density at radius 3 is 2.48 bits per heavy atom. The van der Waals surface area contributed by atoms with Crippen LogP contribution >= 0.6 is 0 Å². The van der Waals surface area contributed by atoms with Crippen LogP contribution in [0.2, 0.25) is 0 Å². The lowest BCUT2D eigenvalue weighted by molar-refractivity contribution is -0.119. The monoisotopic (exact) mass is 601 g/mol. The lowest BCUT2D eigenvalue weighted by atomic mass is 9.77. The second kappa shape index (κ2) is 18.3. The molecule has 3 fully saturated rings. The van der Waals surface area contributed by atoms with E-state index in [1.807, 2.05) is 0 Å². The number of ketones is 1. The highest BCUT2D eigenvalue weighted by molar-refractivity contribution is 5.91. The fourth-order valence-corrected chi connectivity index (χ4v) is 8.49. The van der Waals surface area contributed by atoms with Crippen LogP contribution in [0.4, 0.5) is 0 Å². The Kier molecular flexibility index (Phi) is 15.2. The van der Waals surface area contributed by atoms with Crippen molar-refractivity contribution < 1.29 is 4.79 Å². The first-order valence-electron chi connectivity index (χ1n) is 18.5. The van der Waals surface area contributed by atoms with Crippen molar-refractivity contribution in [2.75, 3.05) is 0 Å². The Morgan fingerprint density at radius 2 is 1.73 bits per heavy atom. The summed E-state index contributed by atoms with van der Waals surface area (Å²) < 4.78 is 0. The Balaban J connectivity index is 1.31. The van der Waals surface area contributed by atoms with E-state index >= 15 is 0 Å². The minimum Gasteiger partial charge on any atom is -0.295 e. The van der Waals surface area contributed by atoms with Gasteiger partial charge < -0.3 is 0 Å². The van der Waals surface area contributed by atoms with Crippen molar-refractivity contribution in [3.63, 3.8) is 0 Å². The van der Waals surface area contributed by atoms with E-state index < -0.39 is 0 Å². The summed E-state index contributed by atoms with van der Waals surface area (Å²) in [6.07, 6.45) is 35.9. The second-order valence-corrected chi connectivity index (χ2v) is 16.0. The van der Waals surface area contributed by atoms with Crippen LogP contribution in [0.25, 0.3) is 0 Å². The highest BCUT2D eigenvalue weighted by Gasteiger charge is 2.49. The van der Waals surface area contributed by atoms with Crippen molar-refractivity contribution in [1.82, 2.24) is 0 Å². The fourth-order valence-electron chi connectivity index (χ4n) is 8.49. The first kappa shape index (κ1) is 36.6. The molecular formula is C43H68O. The normalized spacial score (nSPS) is 31.3. The molecule has 1 heteroatoms. The van der Waals surface area contributed by atoms with Crippen LogP contribution in [0.15, 0.2) is 72.4 Å². The zero-order chi connectivity index (χ0) is 32.1. The second-order valence-electron chi connectivity index (χ2n) is 16.0. The lowest BCUT2D eigenvalue weighted by Gasteiger charge is -2.28. The van der Waals surface area contributed by atoms with Crippen molar-refractivity contribution in [2.24, 2.45) is 46.8 Å². The minimum absolute atomic E-state index is 0.200. The van der Waals surface area contributed by atoms with E-state index in [9.17, 15) is 4.79 Å². The van der Waals surface area contributed by atoms with E-state index in [0.717, 1.165) is 43.4 Å². The molecule has 0 aromatic rings. The van der Waals surface area contributed by atoms with Crippen LogP contribution in [0.5, 0.6) is 0 Å². The van der Waals surface area contributed by atoms with Crippen molar-refractivity contribution in [3.8, 4) is 0 Å². The fraction of sp³-hybridized carbons (Fsp3) is 0.698. The van der Waals surface area contributed by atoms with Gasteiger partial charge in [0, 0.05) is 5.92 Å². The van der Waals surface area contributed by atoms with Crippen molar-refractivity contribution in [3.05, 3.63) is 72.4 Å². The zero-order valence-electron chi connectivity index (χ0n) is 29.7. The molecule has 0 bridgehead atoms. The Bertz CT molecular complexity index is 1050. The Morgan fingerprint density at radius 1 is 0.977 bits per heavy atom. The number of carbonyl (C=O) groups is 1. The van der Waals surface area contributed by atoms with Crippen LogP contribution < -0.4 is 0 Å². The van der Waals surface area contributed by atoms with E-state index in [2.05, 4.69) is 91.2 Å². The number of unbranched alkanes of at least 4 members (excludes halogenated alkanes) is 2. The number of carbonyl (C=O) groups excluding carboxylic acids is 1. The highest BCUT2D eigenvalue weighted by Crippen LogP contribution is 2.58. The topological polar surface area (TPSA) is 17.1 Å². The molecule has 3 aliphatic rings. The molecule has 44 heavy (non-hydrogen) atoms. The van der Waals surface area contributed by atoms with Crippen molar-refractivity contribution in [1.29, 1.82) is 0 Å². The van der Waals surface area contributed by atoms with E-state index in [0.29, 0.717) is 17.8 Å². The molecule has 3 rings (SSSR count). The molecule has 1 nitrogen and oxygen atoms in total. The van der Waals surface area contributed by atoms with E-state index in [-0.39, 0.29) is 17.1 Å². The molecular weight excluding hydrogens is 532 g/mol. The molecule has 0 heterocycles. The smallest absolute Gasteiger partial charge is 0.158 e. The summed E-state index contributed by atoms with van der Waals surface area (Å²) in [7, 11) is 0. The maximum Gasteiger partial charge on any atom is 0.158 e. The Hall–Kier alpha value is -1.89. The molecule has 8 atom stereocenters. The standard InChI is InChI=1S/C43H68O/c1-9-42(44)40-24-17-23-39(30-40)28-33(3)19-13-11-15-25-43(8)31-41(43)37(7)29-36(6)35(5)21-14-10-12-18-32(2)26-38-22-16-20-34(4)27-38/h9,11,13,15,19,21,25,32,34,36,38-41H,1,7,10,12,14,16-18,20,22-24,26-31H2,2-6,8H3/b13-11+,25-15+,33-19+,35-21+/t32-,34?,36?,38?,39?,40?,41?,43?/m0/s1. The van der Waals surface area contributed by atoms with Gasteiger partial charge in [-0.25, -0.2) is 0 Å². The van der Waals surface area contributed by atoms with Gasteiger partial charge in [0.25, 0.3) is 0 Å². The highest BCUT2D eigenvalue weighted by atomic mass is 16.1. The number of hydrogen-bond acceptors (Lipinski definition) is 1. The van der Waals surface area contributed by atoms with Crippen molar-refractivity contribution in [2.45, 2.75) is 144 Å². The lowest BCUT2D eigenvalue weighted by Crippen LogP contribution is -2.21. The molecule has 0 saturated heterocycles. The summed E-state index contributed by atoms with van der Waals surface area (Å²) >= 11 is 0. The van der Waals surface area contributed by atoms with Gasteiger partial charge >= 0.3 is 0 Å². The van der Waals surface area contributed by atoms with E-state index in [1.165, 1.54) is 94.3 Å². The average Bonchev–Trinajstić information content (AvgIpc) is 3.67. The summed E-state index contributed by atoms with van der Waals surface area (Å²) in [5.41, 5.74) is 4.66. The predicted octanol–water partition coefficient (Wildman–Crippen LogP) is 13.0. The van der Waals surface area contributed by atoms with Gasteiger partial charge in [0.05, 0.1) is 0 Å². The maximum absolute atomic E-state index is 12.0. The molecule has 0 aromatic heterocycles. The summed E-state index contributed by atoms with van der Waals surface area (Å²) in [6.45, 7) is 22.5. The first-order chi connectivity index (χ1) is 21.0. The molecule has 3 aliphatic carbocycles. The van der Waals surface area contributed by atoms with Gasteiger partial charge in [0.1, 0.15) is 0 Å². The average molecular weight is 601 g/mol. The quantitative estimate of drug-likeness (QED) is 0.0662. The third kappa shape index (κ3) is 12.5. The van der Waals surface area contributed by atoms with Gasteiger partial charge in [-0.05, 0) is 119 Å². The van der Waals surface area contributed by atoms with Crippen LogP contribution in [-0.4, -0.2) is 5.78 Å². The van der Waals surface area contributed by atoms with Gasteiger partial charge in [-0.1, -0.05) is 139 Å². The number of rotatable bonds is 18. The van der Waals surface area contributed by atoms with Gasteiger partial charge in [-0.15, -0.1) is 0 Å². The van der Waals surface area contributed by atoms with E-state index in [1.54, 1.807) is 5.57 Å². The van der Waals surface area contributed by atoms with Crippen LogP contribution in [0.3, 0.4) is 0 Å².